The van der Waals surface area contributed by atoms with Crippen molar-refractivity contribution in [1.82, 2.24) is 4.90 Å². The van der Waals surface area contributed by atoms with Crippen LogP contribution in [0, 0.1) is 11.8 Å². The van der Waals surface area contributed by atoms with Crippen LogP contribution in [0.3, 0.4) is 0 Å². The molecule has 3 atom stereocenters. The minimum Gasteiger partial charge on any atom is -0.465 e. The van der Waals surface area contributed by atoms with Crippen LogP contribution >= 0.6 is 0 Å². The largest absolute Gasteiger partial charge is 0.465 e. The molecule has 2 unspecified atom stereocenters. The summed E-state index contributed by atoms with van der Waals surface area (Å²) in [5.74, 6) is -0.730. The summed E-state index contributed by atoms with van der Waals surface area (Å²) < 4.78 is 28.4. The molecule has 0 spiro atoms. The van der Waals surface area contributed by atoms with Crippen LogP contribution in [0.25, 0.3) is 0 Å². The van der Waals surface area contributed by atoms with E-state index in [9.17, 15) is 19.2 Å². The van der Waals surface area contributed by atoms with Crippen molar-refractivity contribution in [1.29, 1.82) is 0 Å². The van der Waals surface area contributed by atoms with E-state index in [0.717, 1.165) is 90.1 Å². The summed E-state index contributed by atoms with van der Waals surface area (Å²) in [4.78, 5) is 53.7. The Morgan fingerprint density at radius 1 is 0.459 bits per heavy atom. The fourth-order valence-electron chi connectivity index (χ4n) is 8.11. The number of rotatable bonds is 43. The normalized spacial score (nSPS) is 14.6. The molecule has 10 nitrogen and oxygen atoms in total. The lowest BCUT2D eigenvalue weighted by Crippen LogP contribution is -2.43. The molecule has 61 heavy (non-hydrogen) atoms. The number of unbranched alkanes of at least 4 members (excludes halogenated alkanes) is 20. The lowest BCUT2D eigenvalue weighted by atomic mass is 9.94. The molecular formula is C51H95NO9. The average molecular weight is 866 g/mol. The number of hydrogen-bond acceptors (Lipinski definition) is 10. The topological polar surface area (TPSA) is 118 Å². The lowest BCUT2D eigenvalue weighted by molar-refractivity contribution is -0.161. The molecule has 1 rings (SSSR count). The van der Waals surface area contributed by atoms with Gasteiger partial charge < -0.3 is 23.7 Å². The second-order valence-electron chi connectivity index (χ2n) is 17.9. The third-order valence-electron chi connectivity index (χ3n) is 12.1. The van der Waals surface area contributed by atoms with Crippen LogP contribution in [0.5, 0.6) is 0 Å². The molecule has 1 heterocycles. The fraction of sp³-hybridized carbons (Fsp3) is 0.922. The Morgan fingerprint density at radius 3 is 1.28 bits per heavy atom. The maximum atomic E-state index is 13.0. The molecule has 0 N–H and O–H groups in total. The first kappa shape index (κ1) is 56.8. The highest BCUT2D eigenvalue weighted by molar-refractivity contribution is 5.73. The van der Waals surface area contributed by atoms with Gasteiger partial charge in [-0.25, -0.2) is 0 Å². The summed E-state index contributed by atoms with van der Waals surface area (Å²) in [6, 6.07) is 0. The Kier molecular flexibility index (Phi) is 38.9. The number of hydrogen-bond donors (Lipinski definition) is 0. The molecule has 0 aromatic rings. The average Bonchev–Trinajstić information content (AvgIpc) is 3.26. The molecular weight excluding hydrogens is 771 g/mol. The fourth-order valence-corrected chi connectivity index (χ4v) is 8.11. The molecule has 1 saturated heterocycles. The third-order valence-corrected chi connectivity index (χ3v) is 12.1. The molecule has 10 heteroatoms. The van der Waals surface area contributed by atoms with Gasteiger partial charge in [-0.05, 0) is 64.2 Å². The summed E-state index contributed by atoms with van der Waals surface area (Å²) in [5.41, 5.74) is 0. The van der Waals surface area contributed by atoms with Crippen LogP contribution in [-0.2, 0) is 42.9 Å². The summed E-state index contributed by atoms with van der Waals surface area (Å²) in [6.07, 6.45) is 31.9. The van der Waals surface area contributed by atoms with Gasteiger partial charge in [-0.2, -0.15) is 0 Å². The Bertz CT molecular complexity index is 1050. The van der Waals surface area contributed by atoms with Crippen LogP contribution in [0.1, 0.15) is 233 Å². The zero-order chi connectivity index (χ0) is 44.4. The van der Waals surface area contributed by atoms with E-state index >= 15 is 0 Å². The molecule has 1 fully saturated rings. The van der Waals surface area contributed by atoms with E-state index in [1.807, 2.05) is 0 Å². The van der Waals surface area contributed by atoms with Gasteiger partial charge in [0.05, 0.1) is 38.3 Å². The van der Waals surface area contributed by atoms with Crippen LogP contribution in [-0.4, -0.2) is 87.5 Å². The Labute approximate surface area is 374 Å². The van der Waals surface area contributed by atoms with E-state index in [1.54, 1.807) is 0 Å². The molecule has 0 amide bonds. The molecule has 0 bridgehead atoms. The van der Waals surface area contributed by atoms with Crippen molar-refractivity contribution < 1.29 is 42.9 Å². The number of morpholine rings is 1. The van der Waals surface area contributed by atoms with Crippen molar-refractivity contribution in [3.63, 3.8) is 0 Å². The summed E-state index contributed by atoms with van der Waals surface area (Å²) in [6.45, 7) is 12.9. The van der Waals surface area contributed by atoms with Crippen LogP contribution in [0.15, 0.2) is 0 Å². The van der Waals surface area contributed by atoms with E-state index in [4.69, 9.17) is 23.7 Å². The van der Waals surface area contributed by atoms with E-state index < -0.39 is 6.10 Å². The summed E-state index contributed by atoms with van der Waals surface area (Å²) in [7, 11) is 0. The van der Waals surface area contributed by atoms with Gasteiger partial charge >= 0.3 is 23.9 Å². The number of carbonyl (C=O) groups excluding carboxylic acids is 4. The van der Waals surface area contributed by atoms with Crippen molar-refractivity contribution in [3.05, 3.63) is 0 Å². The zero-order valence-corrected chi connectivity index (χ0v) is 40.1. The van der Waals surface area contributed by atoms with Crippen LogP contribution in [0.2, 0.25) is 0 Å². The van der Waals surface area contributed by atoms with Crippen molar-refractivity contribution in [2.45, 2.75) is 239 Å². The molecule has 1 aliphatic rings. The molecule has 1 aliphatic heterocycles. The van der Waals surface area contributed by atoms with Crippen LogP contribution in [0.4, 0.5) is 0 Å². The van der Waals surface area contributed by atoms with E-state index in [0.29, 0.717) is 45.8 Å². The van der Waals surface area contributed by atoms with Crippen molar-refractivity contribution in [3.8, 4) is 0 Å². The maximum absolute atomic E-state index is 13.0. The first-order valence-electron chi connectivity index (χ1n) is 25.8. The Morgan fingerprint density at radius 2 is 0.836 bits per heavy atom. The van der Waals surface area contributed by atoms with E-state index in [2.05, 4.69) is 32.6 Å². The minimum atomic E-state index is -0.554. The predicted octanol–water partition coefficient (Wildman–Crippen LogP) is 12.7. The minimum absolute atomic E-state index is 0.00345. The van der Waals surface area contributed by atoms with Gasteiger partial charge in [0.1, 0.15) is 12.7 Å². The van der Waals surface area contributed by atoms with Gasteiger partial charge in [-0.15, -0.1) is 0 Å². The van der Waals surface area contributed by atoms with E-state index in [1.165, 1.54) is 103 Å². The van der Waals surface area contributed by atoms with Gasteiger partial charge in [-0.3, -0.25) is 24.1 Å². The lowest BCUT2D eigenvalue weighted by Gasteiger charge is -2.30. The molecule has 0 aliphatic carbocycles. The number of ether oxygens (including phenoxy) is 5. The Balaban J connectivity index is 2.41. The Hall–Kier alpha value is -2.20. The SMILES string of the molecule is CCCCCCCCC(CCCCCC)C(=O)OCCCCCC(=O)OCC(CN1CCOCC1)OC(=O)CCCCCOC(=O)[C@@H](CCCCCC)CCCCCCCC. The second-order valence-corrected chi connectivity index (χ2v) is 17.9. The van der Waals surface area contributed by atoms with Gasteiger partial charge in [0.25, 0.3) is 0 Å². The van der Waals surface area contributed by atoms with Crippen molar-refractivity contribution >= 4 is 23.9 Å². The van der Waals surface area contributed by atoms with Crippen molar-refractivity contribution in [2.75, 3.05) is 52.7 Å². The van der Waals surface area contributed by atoms with Crippen molar-refractivity contribution in [2.24, 2.45) is 11.8 Å². The van der Waals surface area contributed by atoms with E-state index in [-0.39, 0.29) is 55.2 Å². The smallest absolute Gasteiger partial charge is 0.308 e. The third kappa shape index (κ3) is 34.0. The highest BCUT2D eigenvalue weighted by atomic mass is 16.6. The molecule has 0 aromatic heterocycles. The van der Waals surface area contributed by atoms with Gasteiger partial charge in [0.2, 0.25) is 0 Å². The predicted molar refractivity (Wildman–Crippen MR) is 247 cm³/mol. The maximum Gasteiger partial charge on any atom is 0.308 e. The summed E-state index contributed by atoms with van der Waals surface area (Å²) in [5, 5.41) is 0. The number of nitrogens with zero attached hydrogens (tertiary/aromatic N) is 1. The first-order valence-corrected chi connectivity index (χ1v) is 25.8. The zero-order valence-electron chi connectivity index (χ0n) is 40.1. The highest BCUT2D eigenvalue weighted by Crippen LogP contribution is 2.22. The molecule has 0 aromatic carbocycles. The number of esters is 4. The molecule has 358 valence electrons. The monoisotopic (exact) mass is 866 g/mol. The van der Waals surface area contributed by atoms with Crippen LogP contribution < -0.4 is 0 Å². The quantitative estimate of drug-likeness (QED) is 0.0333. The second kappa shape index (κ2) is 41.8. The van der Waals surface area contributed by atoms with Gasteiger partial charge in [0.15, 0.2) is 0 Å². The van der Waals surface area contributed by atoms with Gasteiger partial charge in [-0.1, -0.05) is 156 Å². The standard InChI is InChI=1S/C51H95NO9/c1-5-9-13-17-19-25-33-45(31-23-15-11-7-3)50(55)58-39-29-21-27-35-48(53)60-44-47(43-52-37-41-57-42-38-52)61-49(54)36-28-22-30-40-59-51(56)46(32-24-16-12-8-4)34-26-20-18-14-10-6-2/h45-47H,5-44H2,1-4H3/t45?,46-,47?/m0/s1. The molecule has 0 radical (unpaired) electrons. The van der Waals surface area contributed by atoms with Gasteiger partial charge in [0, 0.05) is 32.5 Å². The number of carbonyl (C=O) groups is 4. The highest BCUT2D eigenvalue weighted by Gasteiger charge is 2.23. The summed E-state index contributed by atoms with van der Waals surface area (Å²) >= 11 is 0. The molecule has 0 saturated carbocycles. The first-order chi connectivity index (χ1) is 29.8.